The van der Waals surface area contributed by atoms with Gasteiger partial charge < -0.3 is 29.2 Å². The minimum atomic E-state index is 0.261. The Hall–Kier alpha value is -0.240. The maximum Gasteiger partial charge on any atom is 0.0701 e. The van der Waals surface area contributed by atoms with Crippen LogP contribution in [-0.2, 0) is 18.9 Å². The highest BCUT2D eigenvalue weighted by Gasteiger charge is 2.24. The Balaban J connectivity index is 1.82. The summed E-state index contributed by atoms with van der Waals surface area (Å²) in [5.74, 6) is 0.754. The monoisotopic (exact) mass is 444 g/mol. The van der Waals surface area contributed by atoms with E-state index in [-0.39, 0.29) is 5.54 Å². The number of likely N-dealkylation sites (tertiary alicyclic amines) is 1. The second-order valence-electron chi connectivity index (χ2n) is 9.88. The van der Waals surface area contributed by atoms with Gasteiger partial charge in [0.1, 0.15) is 0 Å². The fraction of sp³-hybridized carbons (Fsp3) is 1.00. The van der Waals surface area contributed by atoms with Crippen LogP contribution in [0.1, 0.15) is 73.1 Å². The van der Waals surface area contributed by atoms with Crippen LogP contribution in [0.5, 0.6) is 0 Å². The lowest BCUT2D eigenvalue weighted by Crippen LogP contribution is -2.51. The van der Waals surface area contributed by atoms with Crippen LogP contribution in [0, 0.1) is 5.92 Å². The van der Waals surface area contributed by atoms with Gasteiger partial charge in [0.2, 0.25) is 0 Å². The lowest BCUT2D eigenvalue weighted by molar-refractivity contribution is -0.00498. The molecule has 0 atom stereocenters. The number of hydrogen-bond donors (Lipinski definition) is 1. The number of ether oxygens (including phenoxy) is 4. The number of piperidine rings is 1. The average Bonchev–Trinajstić information content (AvgIpc) is 2.71. The van der Waals surface area contributed by atoms with Gasteiger partial charge in [-0.15, -0.1) is 0 Å². The largest absolute Gasteiger partial charge is 0.379 e. The molecule has 1 N–H and O–H groups in total. The molecule has 0 aromatic carbocycles. The van der Waals surface area contributed by atoms with Crippen LogP contribution in [0.2, 0.25) is 0 Å². The van der Waals surface area contributed by atoms with Gasteiger partial charge in [0, 0.05) is 24.7 Å². The molecule has 186 valence electrons. The third-order valence-corrected chi connectivity index (χ3v) is 5.80. The number of nitrogens with one attached hydrogen (secondary N) is 1. The molecule has 0 bridgehead atoms. The molecular weight excluding hydrogens is 392 g/mol. The molecule has 1 aliphatic rings. The molecule has 1 aliphatic heterocycles. The summed E-state index contributed by atoms with van der Waals surface area (Å²) in [4.78, 5) is 2.52. The van der Waals surface area contributed by atoms with Crippen molar-refractivity contribution in [2.45, 2.75) is 84.7 Å². The molecule has 1 saturated heterocycles. The molecule has 0 aromatic rings. The van der Waals surface area contributed by atoms with Crippen molar-refractivity contribution in [1.29, 1.82) is 0 Å². The normalized spacial score (nSPS) is 16.5. The van der Waals surface area contributed by atoms with Crippen molar-refractivity contribution in [2.24, 2.45) is 5.92 Å². The molecule has 1 rings (SSSR count). The zero-order chi connectivity index (χ0) is 22.8. The molecule has 0 radical (unpaired) electrons. The molecule has 1 heterocycles. The lowest BCUT2D eigenvalue weighted by atomic mass is 9.94. The zero-order valence-corrected chi connectivity index (χ0v) is 21.3. The Bertz CT molecular complexity index is 399. The van der Waals surface area contributed by atoms with E-state index in [2.05, 4.69) is 44.8 Å². The average molecular weight is 445 g/mol. The van der Waals surface area contributed by atoms with Gasteiger partial charge in [0.15, 0.2) is 0 Å². The number of nitrogens with zero attached hydrogens (tertiary/aromatic N) is 1. The van der Waals surface area contributed by atoms with Gasteiger partial charge in [-0.2, -0.15) is 0 Å². The standard InChI is InChI=1S/C25H52N2O4/c1-6-11-25(4,5)26-24-9-12-27(13-10-24)14-16-29-18-20-31-22-21-30-19-17-28-15-7-8-23(2)3/h23-24,26H,6-22H2,1-5H3. The summed E-state index contributed by atoms with van der Waals surface area (Å²) in [7, 11) is 0. The Morgan fingerprint density at radius 1 is 0.839 bits per heavy atom. The van der Waals surface area contributed by atoms with Crippen LogP contribution >= 0.6 is 0 Å². The third kappa shape index (κ3) is 17.0. The smallest absolute Gasteiger partial charge is 0.0701 e. The minimum Gasteiger partial charge on any atom is -0.379 e. The molecule has 0 unspecified atom stereocenters. The fourth-order valence-corrected chi connectivity index (χ4v) is 4.10. The zero-order valence-electron chi connectivity index (χ0n) is 21.3. The van der Waals surface area contributed by atoms with Crippen molar-refractivity contribution in [3.63, 3.8) is 0 Å². The molecule has 0 amide bonds. The minimum absolute atomic E-state index is 0.261. The van der Waals surface area contributed by atoms with Gasteiger partial charge in [0.25, 0.3) is 0 Å². The summed E-state index contributed by atoms with van der Waals surface area (Å²) >= 11 is 0. The van der Waals surface area contributed by atoms with Crippen molar-refractivity contribution in [1.82, 2.24) is 10.2 Å². The molecule has 0 spiro atoms. The van der Waals surface area contributed by atoms with E-state index in [4.69, 9.17) is 18.9 Å². The molecule has 31 heavy (non-hydrogen) atoms. The first-order valence-electron chi connectivity index (χ1n) is 12.7. The summed E-state index contributed by atoms with van der Waals surface area (Å²) in [6.07, 6.45) is 7.30. The van der Waals surface area contributed by atoms with Crippen LogP contribution in [0.25, 0.3) is 0 Å². The highest BCUT2D eigenvalue weighted by atomic mass is 16.6. The number of hydrogen-bond acceptors (Lipinski definition) is 6. The third-order valence-electron chi connectivity index (χ3n) is 5.80. The molecule has 0 aromatic heterocycles. The predicted molar refractivity (Wildman–Crippen MR) is 129 cm³/mol. The van der Waals surface area contributed by atoms with E-state index in [1.807, 2.05) is 0 Å². The first-order chi connectivity index (χ1) is 14.9. The highest BCUT2D eigenvalue weighted by molar-refractivity contribution is 4.85. The van der Waals surface area contributed by atoms with Crippen molar-refractivity contribution >= 4 is 0 Å². The molecule has 6 heteroatoms. The molecule has 0 aliphatic carbocycles. The summed E-state index contributed by atoms with van der Waals surface area (Å²) in [6, 6.07) is 0.658. The van der Waals surface area contributed by atoms with Crippen LogP contribution in [-0.4, -0.2) is 89.0 Å². The Labute approximate surface area is 192 Å². The topological polar surface area (TPSA) is 52.2 Å². The predicted octanol–water partition coefficient (Wildman–Crippen LogP) is 4.12. The first kappa shape index (κ1) is 28.8. The first-order valence-corrected chi connectivity index (χ1v) is 12.7. The molecule has 0 saturated carbocycles. The molecule has 6 nitrogen and oxygen atoms in total. The van der Waals surface area contributed by atoms with Gasteiger partial charge in [-0.25, -0.2) is 0 Å². The second kappa shape index (κ2) is 18.2. The van der Waals surface area contributed by atoms with E-state index in [0.29, 0.717) is 45.7 Å². The van der Waals surface area contributed by atoms with Crippen LogP contribution in [0.3, 0.4) is 0 Å². The van der Waals surface area contributed by atoms with E-state index in [9.17, 15) is 0 Å². The Kier molecular flexibility index (Phi) is 16.9. The van der Waals surface area contributed by atoms with E-state index in [1.165, 1.54) is 45.2 Å². The van der Waals surface area contributed by atoms with Crippen molar-refractivity contribution < 1.29 is 18.9 Å². The van der Waals surface area contributed by atoms with Gasteiger partial charge >= 0.3 is 0 Å². The maximum atomic E-state index is 5.73. The lowest BCUT2D eigenvalue weighted by Gasteiger charge is -2.37. The van der Waals surface area contributed by atoms with Gasteiger partial charge in [-0.05, 0) is 65.0 Å². The highest BCUT2D eigenvalue weighted by Crippen LogP contribution is 2.17. The fourth-order valence-electron chi connectivity index (χ4n) is 4.10. The summed E-state index contributed by atoms with van der Waals surface area (Å²) < 4.78 is 22.4. The maximum absolute atomic E-state index is 5.73. The van der Waals surface area contributed by atoms with Gasteiger partial charge in [-0.3, -0.25) is 0 Å². The summed E-state index contributed by atoms with van der Waals surface area (Å²) in [6.45, 7) is 20.2. The van der Waals surface area contributed by atoms with Crippen molar-refractivity contribution in [3.05, 3.63) is 0 Å². The van der Waals surface area contributed by atoms with Crippen LogP contribution in [0.4, 0.5) is 0 Å². The molecule has 1 fully saturated rings. The Morgan fingerprint density at radius 3 is 1.87 bits per heavy atom. The number of rotatable bonds is 20. The van der Waals surface area contributed by atoms with Crippen molar-refractivity contribution in [2.75, 3.05) is 72.5 Å². The Morgan fingerprint density at radius 2 is 1.35 bits per heavy atom. The quantitative estimate of drug-likeness (QED) is 0.285. The van der Waals surface area contributed by atoms with E-state index in [1.54, 1.807) is 0 Å². The molecular formula is C25H52N2O4. The van der Waals surface area contributed by atoms with Gasteiger partial charge in [-0.1, -0.05) is 27.2 Å². The second-order valence-corrected chi connectivity index (χ2v) is 9.88. The van der Waals surface area contributed by atoms with Crippen LogP contribution in [0.15, 0.2) is 0 Å². The van der Waals surface area contributed by atoms with E-state index < -0.39 is 0 Å². The van der Waals surface area contributed by atoms with Crippen molar-refractivity contribution in [3.8, 4) is 0 Å². The van der Waals surface area contributed by atoms with Crippen LogP contribution < -0.4 is 5.32 Å². The summed E-state index contributed by atoms with van der Waals surface area (Å²) in [5, 5.41) is 3.85. The van der Waals surface area contributed by atoms with Gasteiger partial charge in [0.05, 0.1) is 46.2 Å². The SMILES string of the molecule is CCCC(C)(C)NC1CCN(CCOCCOCCOCCOCCCC(C)C)CC1. The van der Waals surface area contributed by atoms with E-state index in [0.717, 1.165) is 32.1 Å². The summed E-state index contributed by atoms with van der Waals surface area (Å²) in [5.41, 5.74) is 0.261. The van der Waals surface area contributed by atoms with E-state index >= 15 is 0 Å².